The van der Waals surface area contributed by atoms with Crippen LogP contribution in [-0.4, -0.2) is 5.11 Å². The highest BCUT2D eigenvalue weighted by Gasteiger charge is 2.12. The lowest BCUT2D eigenvalue weighted by Gasteiger charge is -2.13. The first kappa shape index (κ1) is 15.2. The summed E-state index contributed by atoms with van der Waals surface area (Å²) < 4.78 is 14.5. The van der Waals surface area contributed by atoms with Crippen LogP contribution in [0.15, 0.2) is 46.9 Å². The van der Waals surface area contributed by atoms with Crippen LogP contribution in [-0.2, 0) is 6.42 Å². The number of hydrogen-bond acceptors (Lipinski definition) is 1. The second-order valence-corrected chi connectivity index (χ2v) is 6.19. The van der Waals surface area contributed by atoms with E-state index in [2.05, 4.69) is 29.8 Å². The Morgan fingerprint density at radius 3 is 2.25 bits per heavy atom. The summed E-state index contributed by atoms with van der Waals surface area (Å²) in [4.78, 5) is 0. The maximum Gasteiger partial charge on any atom is 0.126 e. The van der Waals surface area contributed by atoms with Crippen molar-refractivity contribution in [2.75, 3.05) is 0 Å². The molecule has 20 heavy (non-hydrogen) atoms. The minimum absolute atomic E-state index is 0.270. The van der Waals surface area contributed by atoms with Gasteiger partial charge in [0, 0.05) is 10.9 Å². The number of halogens is 2. The van der Waals surface area contributed by atoms with Gasteiger partial charge in [0.1, 0.15) is 5.82 Å². The average Bonchev–Trinajstić information content (AvgIpc) is 2.43. The Kier molecular flexibility index (Phi) is 4.95. The maximum absolute atomic E-state index is 13.7. The molecule has 0 heterocycles. The summed E-state index contributed by atoms with van der Waals surface area (Å²) >= 11 is 3.32. The zero-order chi connectivity index (χ0) is 14.7. The number of aliphatic hydroxyl groups excluding tert-OH is 1. The summed E-state index contributed by atoms with van der Waals surface area (Å²) in [7, 11) is 0. The van der Waals surface area contributed by atoms with E-state index in [1.165, 1.54) is 11.6 Å². The molecule has 0 aromatic heterocycles. The highest BCUT2D eigenvalue weighted by molar-refractivity contribution is 9.10. The van der Waals surface area contributed by atoms with Gasteiger partial charge in [-0.2, -0.15) is 0 Å². The molecule has 0 spiro atoms. The first-order valence-corrected chi connectivity index (χ1v) is 7.48. The first-order chi connectivity index (χ1) is 9.47. The van der Waals surface area contributed by atoms with Gasteiger partial charge in [-0.05, 0) is 40.8 Å². The maximum atomic E-state index is 13.7. The molecule has 1 nitrogen and oxygen atoms in total. The molecule has 106 valence electrons. The average molecular weight is 337 g/mol. The molecule has 2 aromatic carbocycles. The van der Waals surface area contributed by atoms with Crippen molar-refractivity contribution in [3.63, 3.8) is 0 Å². The van der Waals surface area contributed by atoms with E-state index < -0.39 is 6.10 Å². The monoisotopic (exact) mass is 336 g/mol. The van der Waals surface area contributed by atoms with Crippen LogP contribution in [0.2, 0.25) is 0 Å². The topological polar surface area (TPSA) is 20.2 Å². The van der Waals surface area contributed by atoms with Crippen LogP contribution in [0.3, 0.4) is 0 Å². The Morgan fingerprint density at radius 2 is 1.65 bits per heavy atom. The van der Waals surface area contributed by atoms with Crippen LogP contribution in [0.1, 0.15) is 42.6 Å². The molecule has 2 rings (SSSR count). The molecule has 3 heteroatoms. The summed E-state index contributed by atoms with van der Waals surface area (Å²) in [5, 5.41) is 10.2. The zero-order valence-electron chi connectivity index (χ0n) is 11.6. The van der Waals surface area contributed by atoms with Crippen molar-refractivity contribution < 1.29 is 9.50 Å². The van der Waals surface area contributed by atoms with E-state index in [1.54, 1.807) is 12.1 Å². The quantitative estimate of drug-likeness (QED) is 0.833. The number of rotatable bonds is 4. The third kappa shape index (κ3) is 3.68. The van der Waals surface area contributed by atoms with Gasteiger partial charge < -0.3 is 5.11 Å². The van der Waals surface area contributed by atoms with E-state index in [0.717, 1.165) is 10.0 Å². The van der Waals surface area contributed by atoms with Crippen LogP contribution < -0.4 is 0 Å². The molecule has 1 N–H and O–H groups in total. The fourth-order valence-corrected chi connectivity index (χ4v) is 2.54. The molecule has 0 radical (unpaired) electrons. The minimum atomic E-state index is -0.694. The predicted molar refractivity (Wildman–Crippen MR) is 83.3 cm³/mol. The molecule has 0 amide bonds. The first-order valence-electron chi connectivity index (χ1n) is 6.69. The second-order valence-electron chi connectivity index (χ2n) is 5.28. The van der Waals surface area contributed by atoms with Gasteiger partial charge in [-0.25, -0.2) is 4.39 Å². The van der Waals surface area contributed by atoms with Gasteiger partial charge in [-0.15, -0.1) is 0 Å². The summed E-state index contributed by atoms with van der Waals surface area (Å²) in [6.07, 6.45) is -0.424. The standard InChI is InChI=1S/C17H18BrFO/c1-11(2)12-3-5-13(6-4-12)17(20)10-14-9-15(18)7-8-16(14)19/h3-9,11,17,20H,10H2,1-2H3. The fourth-order valence-electron chi connectivity index (χ4n) is 2.13. The van der Waals surface area contributed by atoms with Gasteiger partial charge in [0.2, 0.25) is 0 Å². The van der Waals surface area contributed by atoms with E-state index in [9.17, 15) is 9.50 Å². The van der Waals surface area contributed by atoms with Gasteiger partial charge in [-0.3, -0.25) is 0 Å². The lowest BCUT2D eigenvalue weighted by atomic mass is 9.97. The number of benzene rings is 2. The minimum Gasteiger partial charge on any atom is -0.388 e. The molecule has 1 unspecified atom stereocenters. The smallest absolute Gasteiger partial charge is 0.126 e. The van der Waals surface area contributed by atoms with Crippen molar-refractivity contribution in [2.45, 2.75) is 32.3 Å². The lowest BCUT2D eigenvalue weighted by Crippen LogP contribution is -2.04. The van der Waals surface area contributed by atoms with Gasteiger partial charge in [-0.1, -0.05) is 54.0 Å². The predicted octanol–water partition coefficient (Wildman–Crippen LogP) is 4.99. The lowest BCUT2D eigenvalue weighted by molar-refractivity contribution is 0.177. The van der Waals surface area contributed by atoms with Crippen LogP contribution in [0.25, 0.3) is 0 Å². The largest absolute Gasteiger partial charge is 0.388 e. The van der Waals surface area contributed by atoms with E-state index in [1.807, 2.05) is 24.3 Å². The van der Waals surface area contributed by atoms with Crippen molar-refractivity contribution in [2.24, 2.45) is 0 Å². The van der Waals surface area contributed by atoms with E-state index in [4.69, 9.17) is 0 Å². The van der Waals surface area contributed by atoms with Gasteiger partial charge >= 0.3 is 0 Å². The highest BCUT2D eigenvalue weighted by atomic mass is 79.9. The van der Waals surface area contributed by atoms with Gasteiger partial charge in [0.15, 0.2) is 0 Å². The molecule has 2 aromatic rings. The number of aliphatic hydroxyl groups is 1. The van der Waals surface area contributed by atoms with Crippen LogP contribution in [0.5, 0.6) is 0 Å². The van der Waals surface area contributed by atoms with E-state index in [-0.39, 0.29) is 12.2 Å². The Labute approximate surface area is 127 Å². The SMILES string of the molecule is CC(C)c1ccc(C(O)Cc2cc(Br)ccc2F)cc1. The molecule has 1 atom stereocenters. The third-order valence-electron chi connectivity index (χ3n) is 3.41. The highest BCUT2D eigenvalue weighted by Crippen LogP contribution is 2.24. The Balaban J connectivity index is 2.15. The fraction of sp³-hybridized carbons (Fsp3) is 0.294. The van der Waals surface area contributed by atoms with Gasteiger partial charge in [0.05, 0.1) is 6.10 Å². The third-order valence-corrected chi connectivity index (χ3v) is 3.90. The molecule has 0 fully saturated rings. The van der Waals surface area contributed by atoms with Crippen molar-refractivity contribution in [1.82, 2.24) is 0 Å². The van der Waals surface area contributed by atoms with E-state index in [0.29, 0.717) is 11.5 Å². The molecular formula is C17H18BrFO. The Hall–Kier alpha value is -1.19. The second kappa shape index (κ2) is 6.51. The summed E-state index contributed by atoms with van der Waals surface area (Å²) in [5.41, 5.74) is 2.56. The van der Waals surface area contributed by atoms with Crippen molar-refractivity contribution in [3.8, 4) is 0 Å². The molecule has 0 aliphatic rings. The van der Waals surface area contributed by atoms with E-state index >= 15 is 0 Å². The molecule has 0 saturated heterocycles. The summed E-state index contributed by atoms with van der Waals surface area (Å²) in [5.74, 6) is 0.176. The summed E-state index contributed by atoms with van der Waals surface area (Å²) in [6, 6.07) is 12.6. The molecule has 0 saturated carbocycles. The molecule has 0 aliphatic heterocycles. The summed E-state index contributed by atoms with van der Waals surface area (Å²) in [6.45, 7) is 4.25. The number of hydrogen-bond donors (Lipinski definition) is 1. The Morgan fingerprint density at radius 1 is 1.05 bits per heavy atom. The molecule has 0 aliphatic carbocycles. The molecular weight excluding hydrogens is 319 g/mol. The van der Waals surface area contributed by atoms with Crippen LogP contribution in [0.4, 0.5) is 4.39 Å². The van der Waals surface area contributed by atoms with Crippen molar-refractivity contribution in [3.05, 3.63) is 69.4 Å². The Bertz CT molecular complexity index is 578. The zero-order valence-corrected chi connectivity index (χ0v) is 13.2. The van der Waals surface area contributed by atoms with Crippen LogP contribution in [0, 0.1) is 5.82 Å². The van der Waals surface area contributed by atoms with Crippen LogP contribution >= 0.6 is 15.9 Å². The normalized spacial score (nSPS) is 12.7. The van der Waals surface area contributed by atoms with Crippen molar-refractivity contribution >= 4 is 15.9 Å². The van der Waals surface area contributed by atoms with Gasteiger partial charge in [0.25, 0.3) is 0 Å². The van der Waals surface area contributed by atoms with Crippen molar-refractivity contribution in [1.29, 1.82) is 0 Å². The molecule has 0 bridgehead atoms.